The van der Waals surface area contributed by atoms with E-state index >= 15 is 0 Å². The minimum absolute atomic E-state index is 0.348. The molecule has 1 N–H and O–H groups in total. The Bertz CT molecular complexity index is 729. The first-order chi connectivity index (χ1) is 11.6. The topological polar surface area (TPSA) is 46.5 Å². The number of carboxylic acid groups (broad SMARTS) is 1. The lowest BCUT2D eigenvalue weighted by atomic mass is 9.95. The Morgan fingerprint density at radius 2 is 1.83 bits per heavy atom. The van der Waals surface area contributed by atoms with E-state index < -0.39 is 10.7 Å². The molecular formula is C20H20O3S. The van der Waals surface area contributed by atoms with E-state index in [0.717, 1.165) is 16.2 Å². The Balaban J connectivity index is 2.24. The smallest absolute Gasteiger partial charge is 0.324 e. The van der Waals surface area contributed by atoms with Crippen LogP contribution in [-0.4, -0.2) is 17.7 Å². The number of thioether (sulfide) groups is 1. The van der Waals surface area contributed by atoms with Crippen LogP contribution >= 0.6 is 11.8 Å². The molecule has 0 aliphatic rings. The minimum atomic E-state index is -1.00. The zero-order valence-corrected chi connectivity index (χ0v) is 14.6. The van der Waals surface area contributed by atoms with Gasteiger partial charge in [0.05, 0.1) is 0 Å². The fourth-order valence-corrected chi connectivity index (χ4v) is 3.52. The average Bonchev–Trinajstić information content (AvgIpc) is 2.62. The molecule has 0 bridgehead atoms. The fourth-order valence-electron chi connectivity index (χ4n) is 2.36. The second kappa shape index (κ2) is 8.47. The number of rotatable bonds is 7. The standard InChI is InChI=1S/C20H20O3S/c1-3-5-15-23-17-11-13-18(14-12-17)24-20(4-2,19(21)22)16-9-7-6-8-10-16/h6-14H,4,15H2,1-2H3,(H,21,22). The summed E-state index contributed by atoms with van der Waals surface area (Å²) in [4.78, 5) is 12.9. The van der Waals surface area contributed by atoms with Gasteiger partial charge in [-0.15, -0.1) is 17.7 Å². The SMILES string of the molecule is CC#CCOc1ccc(SC(CC)(C(=O)O)c2ccccc2)cc1. The highest BCUT2D eigenvalue weighted by molar-refractivity contribution is 8.01. The van der Waals surface area contributed by atoms with Crippen LogP contribution in [0.1, 0.15) is 25.8 Å². The van der Waals surface area contributed by atoms with Gasteiger partial charge in [-0.2, -0.15) is 0 Å². The lowest BCUT2D eigenvalue weighted by Gasteiger charge is -2.28. The molecule has 2 rings (SSSR count). The molecule has 24 heavy (non-hydrogen) atoms. The molecule has 4 heteroatoms. The normalized spacial score (nSPS) is 12.6. The molecule has 0 saturated carbocycles. The Morgan fingerprint density at radius 1 is 1.17 bits per heavy atom. The van der Waals surface area contributed by atoms with Crippen molar-refractivity contribution in [2.75, 3.05) is 6.61 Å². The third-order valence-electron chi connectivity index (χ3n) is 3.69. The molecule has 2 aromatic rings. The maximum absolute atomic E-state index is 12.0. The zero-order valence-electron chi connectivity index (χ0n) is 13.8. The van der Waals surface area contributed by atoms with Gasteiger partial charge in [0, 0.05) is 4.90 Å². The molecule has 0 amide bonds. The summed E-state index contributed by atoms with van der Waals surface area (Å²) < 4.78 is 4.49. The van der Waals surface area contributed by atoms with Crippen molar-refractivity contribution in [2.45, 2.75) is 29.9 Å². The highest BCUT2D eigenvalue weighted by Crippen LogP contribution is 2.44. The van der Waals surface area contributed by atoms with Gasteiger partial charge in [0.25, 0.3) is 0 Å². The van der Waals surface area contributed by atoms with E-state index in [0.29, 0.717) is 13.0 Å². The van der Waals surface area contributed by atoms with E-state index in [1.165, 1.54) is 11.8 Å². The first-order valence-electron chi connectivity index (χ1n) is 7.73. The van der Waals surface area contributed by atoms with Crippen LogP contribution in [0.4, 0.5) is 0 Å². The van der Waals surface area contributed by atoms with Gasteiger partial charge >= 0.3 is 5.97 Å². The molecule has 1 unspecified atom stereocenters. The molecular weight excluding hydrogens is 320 g/mol. The molecule has 0 aliphatic carbocycles. The Kier molecular flexibility index (Phi) is 6.34. The largest absolute Gasteiger partial charge is 0.481 e. The van der Waals surface area contributed by atoms with E-state index in [4.69, 9.17) is 4.74 Å². The molecule has 0 saturated heterocycles. The first-order valence-corrected chi connectivity index (χ1v) is 8.54. The van der Waals surface area contributed by atoms with Crippen LogP contribution in [0.25, 0.3) is 0 Å². The van der Waals surface area contributed by atoms with Crippen molar-refractivity contribution in [2.24, 2.45) is 0 Å². The van der Waals surface area contributed by atoms with Gasteiger partial charge in [-0.3, -0.25) is 4.79 Å². The monoisotopic (exact) mass is 340 g/mol. The Morgan fingerprint density at radius 3 is 2.38 bits per heavy atom. The van der Waals surface area contributed by atoms with Gasteiger partial charge in [0.15, 0.2) is 0 Å². The molecule has 124 valence electrons. The molecule has 0 aliphatic heterocycles. The van der Waals surface area contributed by atoms with Gasteiger partial charge in [0.1, 0.15) is 17.1 Å². The summed E-state index contributed by atoms with van der Waals surface area (Å²) in [6.07, 6.45) is 0.487. The summed E-state index contributed by atoms with van der Waals surface area (Å²) in [5, 5.41) is 9.88. The van der Waals surface area contributed by atoms with Gasteiger partial charge < -0.3 is 9.84 Å². The van der Waals surface area contributed by atoms with E-state index in [-0.39, 0.29) is 0 Å². The van der Waals surface area contributed by atoms with Gasteiger partial charge in [-0.25, -0.2) is 0 Å². The van der Waals surface area contributed by atoms with Crippen LogP contribution in [0, 0.1) is 11.8 Å². The maximum Gasteiger partial charge on any atom is 0.324 e. The molecule has 0 spiro atoms. The summed E-state index contributed by atoms with van der Waals surface area (Å²) >= 11 is 1.35. The van der Waals surface area contributed by atoms with Crippen LogP contribution in [0.5, 0.6) is 5.75 Å². The van der Waals surface area contributed by atoms with Crippen LogP contribution in [0.2, 0.25) is 0 Å². The minimum Gasteiger partial charge on any atom is -0.481 e. The molecule has 3 nitrogen and oxygen atoms in total. The van der Waals surface area contributed by atoms with Gasteiger partial charge in [-0.1, -0.05) is 43.2 Å². The second-order valence-corrected chi connectivity index (χ2v) is 6.51. The number of carbonyl (C=O) groups is 1. The quantitative estimate of drug-likeness (QED) is 0.592. The van der Waals surface area contributed by atoms with Crippen molar-refractivity contribution >= 4 is 17.7 Å². The lowest BCUT2D eigenvalue weighted by Crippen LogP contribution is -2.31. The molecule has 0 radical (unpaired) electrons. The Hall–Kier alpha value is -2.38. The molecule has 2 aromatic carbocycles. The summed E-state index contributed by atoms with van der Waals surface area (Å²) in [5.41, 5.74) is 0.795. The second-order valence-electron chi connectivity index (χ2n) is 5.14. The molecule has 0 fully saturated rings. The average molecular weight is 340 g/mol. The van der Waals surface area contributed by atoms with E-state index in [2.05, 4.69) is 11.8 Å². The van der Waals surface area contributed by atoms with E-state index in [1.54, 1.807) is 6.92 Å². The van der Waals surface area contributed by atoms with Crippen molar-refractivity contribution in [3.8, 4) is 17.6 Å². The maximum atomic E-state index is 12.0. The summed E-state index contributed by atoms with van der Waals surface area (Å²) in [6, 6.07) is 16.8. The van der Waals surface area contributed by atoms with Crippen LogP contribution in [-0.2, 0) is 9.54 Å². The highest BCUT2D eigenvalue weighted by atomic mass is 32.2. The lowest BCUT2D eigenvalue weighted by molar-refractivity contribution is -0.140. The predicted octanol–water partition coefficient (Wildman–Crippen LogP) is 4.57. The van der Waals surface area contributed by atoms with Gasteiger partial charge in [0.2, 0.25) is 0 Å². The summed E-state index contributed by atoms with van der Waals surface area (Å²) in [6.45, 7) is 4.01. The molecule has 1 atom stereocenters. The van der Waals surface area contributed by atoms with Crippen molar-refractivity contribution < 1.29 is 14.6 Å². The number of aliphatic carboxylic acids is 1. The van der Waals surface area contributed by atoms with E-state index in [1.807, 2.05) is 61.5 Å². The number of hydrogen-bond donors (Lipinski definition) is 1. The van der Waals surface area contributed by atoms with Crippen molar-refractivity contribution in [3.63, 3.8) is 0 Å². The Labute approximate surface area is 147 Å². The number of benzene rings is 2. The zero-order chi connectivity index (χ0) is 17.4. The number of carboxylic acids is 1. The van der Waals surface area contributed by atoms with Crippen LogP contribution in [0.3, 0.4) is 0 Å². The molecule has 0 aromatic heterocycles. The fraction of sp³-hybridized carbons (Fsp3) is 0.250. The van der Waals surface area contributed by atoms with E-state index in [9.17, 15) is 9.90 Å². The van der Waals surface area contributed by atoms with Crippen molar-refractivity contribution in [1.29, 1.82) is 0 Å². The first kappa shape index (κ1) is 18.0. The third-order valence-corrected chi connectivity index (χ3v) is 5.24. The number of ether oxygens (including phenoxy) is 1. The molecule has 0 heterocycles. The summed E-state index contributed by atoms with van der Waals surface area (Å²) in [5.74, 6) is 5.50. The number of hydrogen-bond acceptors (Lipinski definition) is 3. The third kappa shape index (κ3) is 4.12. The summed E-state index contributed by atoms with van der Waals surface area (Å²) in [7, 11) is 0. The van der Waals surface area contributed by atoms with Crippen molar-refractivity contribution in [1.82, 2.24) is 0 Å². The van der Waals surface area contributed by atoms with Crippen LogP contribution in [0.15, 0.2) is 59.5 Å². The predicted molar refractivity (Wildman–Crippen MR) is 97.3 cm³/mol. The van der Waals surface area contributed by atoms with Crippen LogP contribution < -0.4 is 4.74 Å². The highest BCUT2D eigenvalue weighted by Gasteiger charge is 2.39. The van der Waals surface area contributed by atoms with Crippen molar-refractivity contribution in [3.05, 3.63) is 60.2 Å². The van der Waals surface area contributed by atoms with Gasteiger partial charge in [-0.05, 0) is 43.2 Å².